The van der Waals surface area contributed by atoms with Crippen molar-refractivity contribution in [2.24, 2.45) is 7.05 Å². The molecule has 1 heterocycles. The maximum Gasteiger partial charge on any atom is 0.236 e. The summed E-state index contributed by atoms with van der Waals surface area (Å²) in [6, 6.07) is 0. The Balaban J connectivity index is 2.71. The normalized spacial score (nSPS) is 12.2. The van der Waals surface area contributed by atoms with E-state index in [1.807, 2.05) is 20.8 Å². The molecule has 1 aromatic heterocycles. The van der Waals surface area contributed by atoms with Crippen molar-refractivity contribution in [3.05, 3.63) is 12.2 Å². The maximum absolute atomic E-state index is 12.3. The van der Waals surface area contributed by atoms with Crippen LogP contribution in [0.4, 0.5) is 5.95 Å². The molecule has 0 bridgehead atoms. The molecule has 6 nitrogen and oxygen atoms in total. The Morgan fingerprint density at radius 1 is 1.58 bits per heavy atom. The van der Waals surface area contributed by atoms with Gasteiger partial charge in [0.15, 0.2) is 5.16 Å². The molecule has 1 amide bonds. The zero-order valence-electron chi connectivity index (χ0n) is 11.9. The van der Waals surface area contributed by atoms with Crippen LogP contribution < -0.4 is 5.73 Å². The van der Waals surface area contributed by atoms with Crippen molar-refractivity contribution in [1.29, 1.82) is 0 Å². The van der Waals surface area contributed by atoms with Gasteiger partial charge >= 0.3 is 0 Å². The van der Waals surface area contributed by atoms with Crippen LogP contribution >= 0.6 is 11.8 Å². The summed E-state index contributed by atoms with van der Waals surface area (Å²) >= 11 is 1.36. The molecule has 0 fully saturated rings. The number of aromatic nitrogens is 3. The van der Waals surface area contributed by atoms with Gasteiger partial charge in [0.25, 0.3) is 0 Å². The second-order valence-corrected chi connectivity index (χ2v) is 5.78. The van der Waals surface area contributed by atoms with E-state index in [4.69, 9.17) is 5.73 Å². The van der Waals surface area contributed by atoms with Gasteiger partial charge in [-0.1, -0.05) is 23.9 Å². The van der Waals surface area contributed by atoms with Crippen molar-refractivity contribution in [2.45, 2.75) is 31.2 Å². The zero-order chi connectivity index (χ0) is 14.6. The largest absolute Gasteiger partial charge is 0.368 e. The summed E-state index contributed by atoms with van der Waals surface area (Å²) in [6.07, 6.45) is 0. The summed E-state index contributed by atoms with van der Waals surface area (Å²) in [5.41, 5.74) is 6.58. The summed E-state index contributed by atoms with van der Waals surface area (Å²) in [4.78, 5) is 14.1. The van der Waals surface area contributed by atoms with Gasteiger partial charge in [0.2, 0.25) is 11.9 Å². The van der Waals surface area contributed by atoms with E-state index in [1.54, 1.807) is 16.5 Å². The van der Waals surface area contributed by atoms with Crippen molar-refractivity contribution in [3.8, 4) is 0 Å². The number of nitrogens with zero attached hydrogens (tertiary/aromatic N) is 4. The van der Waals surface area contributed by atoms with Crippen LogP contribution in [0.3, 0.4) is 0 Å². The molecule has 7 heteroatoms. The third kappa shape index (κ3) is 3.99. The fourth-order valence-corrected chi connectivity index (χ4v) is 2.47. The highest BCUT2D eigenvalue weighted by atomic mass is 32.2. The molecule has 19 heavy (non-hydrogen) atoms. The van der Waals surface area contributed by atoms with Crippen LogP contribution in [0.25, 0.3) is 0 Å². The molecule has 0 aliphatic carbocycles. The average molecular weight is 283 g/mol. The van der Waals surface area contributed by atoms with Gasteiger partial charge in [-0.15, -0.1) is 10.2 Å². The number of nitrogen functional groups attached to an aromatic ring is 1. The third-order valence-electron chi connectivity index (χ3n) is 2.65. The fraction of sp³-hybridized carbons (Fsp3) is 0.583. The van der Waals surface area contributed by atoms with E-state index in [1.165, 1.54) is 11.8 Å². The van der Waals surface area contributed by atoms with Gasteiger partial charge in [-0.05, 0) is 20.8 Å². The molecular weight excluding hydrogens is 262 g/mol. The van der Waals surface area contributed by atoms with Crippen LogP contribution in [0.5, 0.6) is 0 Å². The number of thioether (sulfide) groups is 1. The molecule has 106 valence electrons. The molecule has 1 atom stereocenters. The van der Waals surface area contributed by atoms with Crippen LogP contribution in [-0.4, -0.2) is 43.9 Å². The van der Waals surface area contributed by atoms with Gasteiger partial charge < -0.3 is 10.6 Å². The second-order valence-electron chi connectivity index (χ2n) is 4.47. The lowest BCUT2D eigenvalue weighted by Crippen LogP contribution is -2.37. The number of carbonyl (C=O) groups excluding carboxylic acids is 1. The van der Waals surface area contributed by atoms with Crippen molar-refractivity contribution < 1.29 is 4.79 Å². The number of nitrogens with two attached hydrogens (primary N) is 1. The van der Waals surface area contributed by atoms with E-state index in [-0.39, 0.29) is 11.2 Å². The summed E-state index contributed by atoms with van der Waals surface area (Å²) in [5, 5.41) is 8.13. The van der Waals surface area contributed by atoms with E-state index in [2.05, 4.69) is 16.8 Å². The average Bonchev–Trinajstić information content (AvgIpc) is 2.66. The van der Waals surface area contributed by atoms with Gasteiger partial charge in [-0.3, -0.25) is 9.36 Å². The standard InChI is InChI=1S/C12H21N5OS/c1-6-17(7-8(2)3)10(18)9(4)19-12-15-14-11(13)16(12)5/h9H,2,6-7H2,1,3-5H3,(H2,13,14)/t9-/m1/s1. The minimum absolute atomic E-state index is 0.0667. The Labute approximate surface area is 118 Å². The van der Waals surface area contributed by atoms with E-state index < -0.39 is 0 Å². The van der Waals surface area contributed by atoms with Crippen LogP contribution in [0.15, 0.2) is 17.3 Å². The number of anilines is 1. The molecule has 0 aliphatic rings. The van der Waals surface area contributed by atoms with E-state index in [0.29, 0.717) is 24.2 Å². The lowest BCUT2D eigenvalue weighted by atomic mass is 10.3. The van der Waals surface area contributed by atoms with E-state index in [9.17, 15) is 4.79 Å². The number of rotatable bonds is 6. The van der Waals surface area contributed by atoms with E-state index >= 15 is 0 Å². The summed E-state index contributed by atoms with van der Waals surface area (Å²) in [5.74, 6) is 0.411. The van der Waals surface area contributed by atoms with Crippen LogP contribution in [-0.2, 0) is 11.8 Å². The summed E-state index contributed by atoms with van der Waals surface area (Å²) in [7, 11) is 1.78. The van der Waals surface area contributed by atoms with Crippen LogP contribution in [0, 0.1) is 0 Å². The first kappa shape index (κ1) is 15.6. The van der Waals surface area contributed by atoms with Gasteiger partial charge in [-0.2, -0.15) is 0 Å². The van der Waals surface area contributed by atoms with Crippen molar-refractivity contribution in [3.63, 3.8) is 0 Å². The Hall–Kier alpha value is -1.50. The molecule has 0 saturated carbocycles. The zero-order valence-corrected chi connectivity index (χ0v) is 12.7. The molecule has 1 rings (SSSR count). The lowest BCUT2D eigenvalue weighted by Gasteiger charge is -2.24. The van der Waals surface area contributed by atoms with Crippen molar-refractivity contribution >= 4 is 23.6 Å². The fourth-order valence-electron chi connectivity index (χ4n) is 1.57. The highest BCUT2D eigenvalue weighted by molar-refractivity contribution is 8.00. The van der Waals surface area contributed by atoms with Crippen LogP contribution in [0.1, 0.15) is 20.8 Å². The predicted octanol–water partition coefficient (Wildman–Crippen LogP) is 1.30. The van der Waals surface area contributed by atoms with Crippen LogP contribution in [0.2, 0.25) is 0 Å². The predicted molar refractivity (Wildman–Crippen MR) is 77.8 cm³/mol. The minimum Gasteiger partial charge on any atom is -0.368 e. The monoisotopic (exact) mass is 283 g/mol. The topological polar surface area (TPSA) is 77.0 Å². The maximum atomic E-state index is 12.3. The third-order valence-corrected chi connectivity index (χ3v) is 3.77. The molecule has 0 saturated heterocycles. The Morgan fingerprint density at radius 3 is 2.63 bits per heavy atom. The van der Waals surface area contributed by atoms with Crippen molar-refractivity contribution in [1.82, 2.24) is 19.7 Å². The second kappa shape index (κ2) is 6.60. The molecule has 0 aromatic carbocycles. The highest BCUT2D eigenvalue weighted by Gasteiger charge is 2.22. The van der Waals surface area contributed by atoms with Gasteiger partial charge in [0, 0.05) is 20.1 Å². The molecule has 0 radical (unpaired) electrons. The summed E-state index contributed by atoms with van der Waals surface area (Å²) in [6.45, 7) is 10.8. The Bertz CT molecular complexity index is 471. The molecular formula is C12H21N5OS. The molecule has 0 aliphatic heterocycles. The number of hydrogen-bond donors (Lipinski definition) is 1. The lowest BCUT2D eigenvalue weighted by molar-refractivity contribution is -0.129. The highest BCUT2D eigenvalue weighted by Crippen LogP contribution is 2.23. The first-order valence-corrected chi connectivity index (χ1v) is 6.99. The quantitative estimate of drug-likeness (QED) is 0.629. The minimum atomic E-state index is -0.235. The first-order chi connectivity index (χ1) is 8.86. The van der Waals surface area contributed by atoms with Gasteiger partial charge in [-0.25, -0.2) is 0 Å². The SMILES string of the molecule is C=C(C)CN(CC)C(=O)[C@@H](C)Sc1nnc(N)n1C. The van der Waals surface area contributed by atoms with E-state index in [0.717, 1.165) is 5.57 Å². The number of hydrogen-bond acceptors (Lipinski definition) is 5. The molecule has 0 spiro atoms. The van der Waals surface area contributed by atoms with Gasteiger partial charge in [0.05, 0.1) is 5.25 Å². The molecule has 2 N–H and O–H groups in total. The smallest absolute Gasteiger partial charge is 0.236 e. The molecule has 0 unspecified atom stereocenters. The van der Waals surface area contributed by atoms with Crippen molar-refractivity contribution in [2.75, 3.05) is 18.8 Å². The number of amides is 1. The number of likely N-dealkylation sites (N-methyl/N-ethyl adjacent to an activating group) is 1. The number of carbonyl (C=O) groups is 1. The summed E-state index contributed by atoms with van der Waals surface area (Å²) < 4.78 is 1.67. The Kier molecular flexibility index (Phi) is 5.41. The Morgan fingerprint density at radius 2 is 2.21 bits per heavy atom. The van der Waals surface area contributed by atoms with Gasteiger partial charge in [0.1, 0.15) is 0 Å². The molecule has 1 aromatic rings. The first-order valence-electron chi connectivity index (χ1n) is 6.11.